The molecule has 2 aromatic rings. The highest BCUT2D eigenvalue weighted by Gasteiger charge is 2.12. The summed E-state index contributed by atoms with van der Waals surface area (Å²) >= 11 is 11.6. The van der Waals surface area contributed by atoms with Crippen LogP contribution in [0.3, 0.4) is 0 Å². The number of aromatic amines is 1. The summed E-state index contributed by atoms with van der Waals surface area (Å²) in [5, 5.41) is 15.6. The number of carboxylic acid groups (broad SMARTS) is 1. The summed E-state index contributed by atoms with van der Waals surface area (Å²) in [5.41, 5.74) is 0.719. The molecule has 7 heteroatoms. The van der Waals surface area contributed by atoms with Gasteiger partial charge in [-0.15, -0.1) is 0 Å². The average Bonchev–Trinajstić information content (AvgIpc) is 2.66. The summed E-state index contributed by atoms with van der Waals surface area (Å²) in [4.78, 5) is 14.6. The lowest BCUT2D eigenvalue weighted by Crippen LogP contribution is -1.95. The first-order chi connectivity index (χ1) is 7.58. The van der Waals surface area contributed by atoms with Gasteiger partial charge < -0.3 is 5.11 Å². The molecule has 5 nitrogen and oxygen atoms in total. The first-order valence-electron chi connectivity index (χ1n) is 4.18. The van der Waals surface area contributed by atoms with Gasteiger partial charge in [0.2, 0.25) is 0 Å². The van der Waals surface area contributed by atoms with Gasteiger partial charge in [-0.2, -0.15) is 5.10 Å². The Bertz CT molecular complexity index is 553. The van der Waals surface area contributed by atoms with Gasteiger partial charge in [0.25, 0.3) is 0 Å². The van der Waals surface area contributed by atoms with Crippen molar-refractivity contribution in [3.05, 3.63) is 34.1 Å². The summed E-state index contributed by atoms with van der Waals surface area (Å²) in [6, 6.07) is 2.87. The van der Waals surface area contributed by atoms with Gasteiger partial charge >= 0.3 is 5.97 Å². The Balaban J connectivity index is 2.46. The Morgan fingerprint density at radius 3 is 2.69 bits per heavy atom. The zero-order valence-electron chi connectivity index (χ0n) is 7.74. The van der Waals surface area contributed by atoms with Gasteiger partial charge in [-0.25, -0.2) is 4.79 Å². The quantitative estimate of drug-likeness (QED) is 0.867. The fourth-order valence-corrected chi connectivity index (χ4v) is 1.63. The van der Waals surface area contributed by atoms with E-state index in [0.29, 0.717) is 21.4 Å². The number of pyridine rings is 1. The van der Waals surface area contributed by atoms with Crippen LogP contribution in [-0.2, 0) is 0 Å². The van der Waals surface area contributed by atoms with Crippen molar-refractivity contribution in [1.82, 2.24) is 15.2 Å². The standard InChI is InChI=1S/C9H5Cl2N3O2/c10-4-1-5(11)8(12-3-4)6-2-7(9(15)16)14-13-6/h1-3H,(H,13,14)(H,15,16). The van der Waals surface area contributed by atoms with E-state index < -0.39 is 5.97 Å². The van der Waals surface area contributed by atoms with Crippen LogP contribution >= 0.6 is 23.2 Å². The lowest BCUT2D eigenvalue weighted by Gasteiger charge is -1.98. The van der Waals surface area contributed by atoms with Crippen molar-refractivity contribution in [3.63, 3.8) is 0 Å². The average molecular weight is 258 g/mol. The van der Waals surface area contributed by atoms with Crippen LogP contribution in [0, 0.1) is 0 Å². The van der Waals surface area contributed by atoms with Crippen molar-refractivity contribution in [2.45, 2.75) is 0 Å². The Morgan fingerprint density at radius 1 is 1.38 bits per heavy atom. The zero-order valence-corrected chi connectivity index (χ0v) is 9.25. The van der Waals surface area contributed by atoms with Crippen LogP contribution in [0.2, 0.25) is 10.0 Å². The maximum Gasteiger partial charge on any atom is 0.353 e. The molecule has 0 bridgehead atoms. The number of carboxylic acids is 1. The summed E-state index contributed by atoms with van der Waals surface area (Å²) in [6.07, 6.45) is 1.41. The maximum atomic E-state index is 10.6. The molecule has 82 valence electrons. The number of halogens is 2. The normalized spacial score (nSPS) is 10.4. The van der Waals surface area contributed by atoms with Crippen molar-refractivity contribution in [3.8, 4) is 11.4 Å². The van der Waals surface area contributed by atoms with Gasteiger partial charge in [0.1, 0.15) is 17.1 Å². The third kappa shape index (κ3) is 2.00. The molecule has 0 saturated carbocycles. The molecule has 0 aromatic carbocycles. The largest absolute Gasteiger partial charge is 0.477 e. The molecule has 0 unspecified atom stereocenters. The highest BCUT2D eigenvalue weighted by molar-refractivity contribution is 6.36. The van der Waals surface area contributed by atoms with Crippen molar-refractivity contribution in [1.29, 1.82) is 0 Å². The number of nitrogens with zero attached hydrogens (tertiary/aromatic N) is 2. The molecule has 0 aliphatic heterocycles. The predicted octanol–water partition coefficient (Wildman–Crippen LogP) is 2.48. The molecule has 0 fully saturated rings. The minimum absolute atomic E-state index is 0.0252. The minimum Gasteiger partial charge on any atom is -0.477 e. The minimum atomic E-state index is -1.09. The number of hydrogen-bond acceptors (Lipinski definition) is 3. The van der Waals surface area contributed by atoms with Crippen molar-refractivity contribution < 1.29 is 9.90 Å². The van der Waals surface area contributed by atoms with Gasteiger partial charge in [-0.05, 0) is 6.07 Å². The van der Waals surface area contributed by atoms with Crippen molar-refractivity contribution >= 4 is 29.2 Å². The number of aromatic carboxylic acids is 1. The fourth-order valence-electron chi connectivity index (χ4n) is 1.16. The Kier molecular flexibility index (Phi) is 2.80. The number of aromatic nitrogens is 3. The van der Waals surface area contributed by atoms with Crippen LogP contribution in [0.1, 0.15) is 10.5 Å². The molecule has 2 N–H and O–H groups in total. The molecule has 16 heavy (non-hydrogen) atoms. The smallest absolute Gasteiger partial charge is 0.353 e. The molecule has 2 heterocycles. The number of rotatable bonds is 2. The van der Waals surface area contributed by atoms with E-state index in [4.69, 9.17) is 28.3 Å². The van der Waals surface area contributed by atoms with Crippen LogP contribution in [0.15, 0.2) is 18.3 Å². The predicted molar refractivity (Wildman–Crippen MR) is 58.8 cm³/mol. The maximum absolute atomic E-state index is 10.6. The summed E-state index contributed by atoms with van der Waals surface area (Å²) in [5.74, 6) is -1.09. The molecule has 0 radical (unpaired) electrons. The monoisotopic (exact) mass is 257 g/mol. The second-order valence-electron chi connectivity index (χ2n) is 2.96. The third-order valence-corrected chi connectivity index (χ3v) is 2.35. The van der Waals surface area contributed by atoms with Crippen LogP contribution in [0.5, 0.6) is 0 Å². The van der Waals surface area contributed by atoms with E-state index in [1.165, 1.54) is 18.3 Å². The molecule has 0 aliphatic carbocycles. The zero-order chi connectivity index (χ0) is 11.7. The number of nitrogens with one attached hydrogen (secondary N) is 1. The molecule has 2 aromatic heterocycles. The SMILES string of the molecule is O=C(O)c1cc(-c2ncc(Cl)cc2Cl)n[nH]1. The third-order valence-electron chi connectivity index (χ3n) is 1.86. The topological polar surface area (TPSA) is 78.9 Å². The van der Waals surface area contributed by atoms with Gasteiger partial charge in [0.05, 0.1) is 10.0 Å². The Labute approximate surface area is 100 Å². The number of H-pyrrole nitrogens is 1. The van der Waals surface area contributed by atoms with E-state index in [1.807, 2.05) is 0 Å². The van der Waals surface area contributed by atoms with E-state index in [0.717, 1.165) is 0 Å². The highest BCUT2D eigenvalue weighted by Crippen LogP contribution is 2.26. The lowest BCUT2D eigenvalue weighted by molar-refractivity contribution is 0.0690. The van der Waals surface area contributed by atoms with Gasteiger partial charge in [0.15, 0.2) is 0 Å². The van der Waals surface area contributed by atoms with E-state index in [2.05, 4.69) is 15.2 Å². The summed E-state index contributed by atoms with van der Waals surface area (Å²) < 4.78 is 0. The molecule has 0 spiro atoms. The van der Waals surface area contributed by atoms with Crippen LogP contribution in [-0.4, -0.2) is 26.3 Å². The molecular formula is C9H5Cl2N3O2. The van der Waals surface area contributed by atoms with Crippen LogP contribution in [0.25, 0.3) is 11.4 Å². The molecule has 2 rings (SSSR count). The lowest BCUT2D eigenvalue weighted by atomic mass is 10.2. The van der Waals surface area contributed by atoms with Crippen molar-refractivity contribution in [2.75, 3.05) is 0 Å². The van der Waals surface area contributed by atoms with E-state index in [9.17, 15) is 4.79 Å². The van der Waals surface area contributed by atoms with Crippen LogP contribution in [0.4, 0.5) is 0 Å². The first-order valence-corrected chi connectivity index (χ1v) is 4.93. The van der Waals surface area contributed by atoms with E-state index in [1.54, 1.807) is 0 Å². The second kappa shape index (κ2) is 4.11. The molecule has 0 atom stereocenters. The number of carbonyl (C=O) groups is 1. The van der Waals surface area contributed by atoms with E-state index in [-0.39, 0.29) is 5.69 Å². The molecule has 0 aliphatic rings. The van der Waals surface area contributed by atoms with Gasteiger partial charge in [-0.3, -0.25) is 10.1 Å². The Hall–Kier alpha value is -1.59. The van der Waals surface area contributed by atoms with Gasteiger partial charge in [-0.1, -0.05) is 23.2 Å². The van der Waals surface area contributed by atoms with Gasteiger partial charge in [0, 0.05) is 12.3 Å². The summed E-state index contributed by atoms with van der Waals surface area (Å²) in [6.45, 7) is 0. The molecule has 0 saturated heterocycles. The molecule has 0 amide bonds. The second-order valence-corrected chi connectivity index (χ2v) is 3.80. The summed E-state index contributed by atoms with van der Waals surface area (Å²) in [7, 11) is 0. The number of hydrogen-bond donors (Lipinski definition) is 2. The highest BCUT2D eigenvalue weighted by atomic mass is 35.5. The fraction of sp³-hybridized carbons (Fsp3) is 0. The van der Waals surface area contributed by atoms with Crippen molar-refractivity contribution in [2.24, 2.45) is 0 Å². The Morgan fingerprint density at radius 2 is 2.12 bits per heavy atom. The first kappa shape index (κ1) is 10.9. The molecular weight excluding hydrogens is 253 g/mol. The van der Waals surface area contributed by atoms with Crippen LogP contribution < -0.4 is 0 Å². The van der Waals surface area contributed by atoms with E-state index >= 15 is 0 Å².